The van der Waals surface area contributed by atoms with E-state index in [4.69, 9.17) is 16.3 Å². The van der Waals surface area contributed by atoms with E-state index < -0.39 is 6.10 Å². The molecule has 112 valence electrons. The Morgan fingerprint density at radius 1 is 1.60 bits per heavy atom. The minimum atomic E-state index is -0.583. The first kappa shape index (κ1) is 15.6. The van der Waals surface area contributed by atoms with Crippen LogP contribution in [0.3, 0.4) is 0 Å². The first-order chi connectivity index (χ1) is 9.69. The molecule has 0 spiro atoms. The van der Waals surface area contributed by atoms with E-state index >= 15 is 0 Å². The molecule has 0 aliphatic carbocycles. The van der Waals surface area contributed by atoms with Gasteiger partial charge in [-0.05, 0) is 18.6 Å². The SMILES string of the molecule is CN=C(NCC1CCOC1)NCC(O)c1ccc(Cl)s1. The van der Waals surface area contributed by atoms with Gasteiger partial charge in [-0.3, -0.25) is 4.99 Å². The van der Waals surface area contributed by atoms with E-state index in [1.165, 1.54) is 11.3 Å². The van der Waals surface area contributed by atoms with Crippen LogP contribution in [-0.2, 0) is 4.74 Å². The van der Waals surface area contributed by atoms with Crippen molar-refractivity contribution in [1.29, 1.82) is 0 Å². The van der Waals surface area contributed by atoms with Crippen LogP contribution in [0.2, 0.25) is 4.34 Å². The smallest absolute Gasteiger partial charge is 0.191 e. The van der Waals surface area contributed by atoms with Gasteiger partial charge in [-0.15, -0.1) is 11.3 Å². The van der Waals surface area contributed by atoms with Crippen LogP contribution in [0.25, 0.3) is 0 Å². The molecule has 2 heterocycles. The van der Waals surface area contributed by atoms with Gasteiger partial charge in [0.1, 0.15) is 6.10 Å². The Kier molecular flexibility index (Phi) is 6.09. The second-order valence-electron chi connectivity index (χ2n) is 4.72. The van der Waals surface area contributed by atoms with Gasteiger partial charge >= 0.3 is 0 Å². The lowest BCUT2D eigenvalue weighted by molar-refractivity contribution is 0.183. The number of nitrogens with zero attached hydrogens (tertiary/aromatic N) is 1. The molecule has 5 nitrogen and oxygen atoms in total. The third-order valence-electron chi connectivity index (χ3n) is 3.19. The van der Waals surface area contributed by atoms with E-state index in [0.29, 0.717) is 22.8 Å². The molecule has 1 fully saturated rings. The van der Waals surface area contributed by atoms with Gasteiger partial charge in [0.15, 0.2) is 5.96 Å². The van der Waals surface area contributed by atoms with Crippen molar-refractivity contribution in [2.45, 2.75) is 12.5 Å². The topological polar surface area (TPSA) is 65.9 Å². The highest BCUT2D eigenvalue weighted by molar-refractivity contribution is 7.16. The molecule has 1 aromatic rings. The van der Waals surface area contributed by atoms with Crippen molar-refractivity contribution >= 4 is 28.9 Å². The number of thiophene rings is 1. The van der Waals surface area contributed by atoms with Gasteiger partial charge < -0.3 is 20.5 Å². The molecule has 2 rings (SSSR count). The number of ether oxygens (including phenoxy) is 1. The van der Waals surface area contributed by atoms with Gasteiger partial charge in [-0.25, -0.2) is 0 Å². The lowest BCUT2D eigenvalue weighted by Gasteiger charge is -2.16. The summed E-state index contributed by atoms with van der Waals surface area (Å²) in [5.74, 6) is 1.23. The standard InChI is InChI=1S/C13H20ClN3O2S/c1-15-13(16-6-9-4-5-19-8-9)17-7-10(18)11-2-3-12(14)20-11/h2-3,9-10,18H,4-8H2,1H3,(H2,15,16,17). The van der Waals surface area contributed by atoms with E-state index in [1.54, 1.807) is 13.1 Å². The molecule has 2 unspecified atom stereocenters. The van der Waals surface area contributed by atoms with Gasteiger partial charge in [0.05, 0.1) is 10.9 Å². The maximum Gasteiger partial charge on any atom is 0.191 e. The quantitative estimate of drug-likeness (QED) is 0.570. The number of rotatable bonds is 5. The number of nitrogens with one attached hydrogen (secondary N) is 2. The normalized spacial score (nSPS) is 20.9. The van der Waals surface area contributed by atoms with Crippen LogP contribution in [0.1, 0.15) is 17.4 Å². The number of guanidine groups is 1. The zero-order valence-corrected chi connectivity index (χ0v) is 13.0. The molecule has 20 heavy (non-hydrogen) atoms. The average Bonchev–Trinajstić information content (AvgIpc) is 3.10. The van der Waals surface area contributed by atoms with Crippen molar-refractivity contribution in [2.75, 3.05) is 33.4 Å². The van der Waals surface area contributed by atoms with E-state index in [-0.39, 0.29) is 0 Å². The Morgan fingerprint density at radius 2 is 2.45 bits per heavy atom. The highest BCUT2D eigenvalue weighted by Crippen LogP contribution is 2.26. The summed E-state index contributed by atoms with van der Waals surface area (Å²) < 4.78 is 6.01. The fourth-order valence-corrected chi connectivity index (χ4v) is 3.05. The lowest BCUT2D eigenvalue weighted by atomic mass is 10.1. The molecule has 0 bridgehead atoms. The molecule has 0 aromatic carbocycles. The highest BCUT2D eigenvalue weighted by Gasteiger charge is 2.16. The Labute approximate surface area is 128 Å². The monoisotopic (exact) mass is 317 g/mol. The van der Waals surface area contributed by atoms with Crippen molar-refractivity contribution in [3.63, 3.8) is 0 Å². The van der Waals surface area contributed by atoms with Crippen molar-refractivity contribution < 1.29 is 9.84 Å². The summed E-state index contributed by atoms with van der Waals surface area (Å²) in [6, 6.07) is 3.63. The first-order valence-corrected chi connectivity index (χ1v) is 7.84. The molecular weight excluding hydrogens is 298 g/mol. The van der Waals surface area contributed by atoms with Crippen molar-refractivity contribution in [2.24, 2.45) is 10.9 Å². The summed E-state index contributed by atoms with van der Waals surface area (Å²) in [4.78, 5) is 4.99. The van der Waals surface area contributed by atoms with Crippen LogP contribution in [0.5, 0.6) is 0 Å². The average molecular weight is 318 g/mol. The lowest BCUT2D eigenvalue weighted by Crippen LogP contribution is -2.41. The maximum atomic E-state index is 10.0. The number of hydrogen-bond acceptors (Lipinski definition) is 4. The van der Waals surface area contributed by atoms with Gasteiger partial charge in [-0.2, -0.15) is 0 Å². The summed E-state index contributed by atoms with van der Waals surface area (Å²) in [6.07, 6.45) is 0.501. The fourth-order valence-electron chi connectivity index (χ4n) is 2.01. The zero-order valence-electron chi connectivity index (χ0n) is 11.4. The van der Waals surface area contributed by atoms with Gasteiger partial charge in [-0.1, -0.05) is 11.6 Å². The molecule has 0 saturated carbocycles. The molecule has 1 aromatic heterocycles. The van der Waals surface area contributed by atoms with Crippen LogP contribution in [0.4, 0.5) is 0 Å². The number of aliphatic imine (C=N–C) groups is 1. The van der Waals surface area contributed by atoms with E-state index in [2.05, 4.69) is 15.6 Å². The molecule has 1 aliphatic heterocycles. The summed E-state index contributed by atoms with van der Waals surface area (Å²) >= 11 is 7.24. The number of halogens is 1. The van der Waals surface area contributed by atoms with E-state index in [0.717, 1.165) is 31.1 Å². The largest absolute Gasteiger partial charge is 0.386 e. The van der Waals surface area contributed by atoms with Gasteiger partial charge in [0, 0.05) is 37.5 Å². The summed E-state index contributed by atoms with van der Waals surface area (Å²) in [7, 11) is 1.72. The minimum Gasteiger partial charge on any atom is -0.386 e. The van der Waals surface area contributed by atoms with Crippen LogP contribution >= 0.6 is 22.9 Å². The third kappa shape index (κ3) is 4.63. The first-order valence-electron chi connectivity index (χ1n) is 6.64. The molecule has 0 radical (unpaired) electrons. The predicted octanol–water partition coefficient (Wildman–Crippen LogP) is 1.64. The maximum absolute atomic E-state index is 10.0. The molecule has 1 aliphatic rings. The van der Waals surface area contributed by atoms with Crippen LogP contribution in [-0.4, -0.2) is 44.4 Å². The van der Waals surface area contributed by atoms with E-state index in [9.17, 15) is 5.11 Å². The Bertz CT molecular complexity index is 447. The van der Waals surface area contributed by atoms with Crippen molar-refractivity contribution in [3.05, 3.63) is 21.3 Å². The highest BCUT2D eigenvalue weighted by atomic mass is 35.5. The molecule has 2 atom stereocenters. The zero-order chi connectivity index (χ0) is 14.4. The predicted molar refractivity (Wildman–Crippen MR) is 82.6 cm³/mol. The van der Waals surface area contributed by atoms with Crippen molar-refractivity contribution in [3.8, 4) is 0 Å². The molecule has 3 N–H and O–H groups in total. The van der Waals surface area contributed by atoms with E-state index in [1.807, 2.05) is 6.07 Å². The van der Waals surface area contributed by atoms with Crippen molar-refractivity contribution in [1.82, 2.24) is 10.6 Å². The second-order valence-corrected chi connectivity index (χ2v) is 6.47. The minimum absolute atomic E-state index is 0.400. The summed E-state index contributed by atoms with van der Waals surface area (Å²) in [6.45, 7) is 2.88. The molecule has 7 heteroatoms. The van der Waals surface area contributed by atoms with Crippen LogP contribution < -0.4 is 10.6 Å². The Morgan fingerprint density at radius 3 is 3.05 bits per heavy atom. The molecule has 0 amide bonds. The fraction of sp³-hybridized carbons (Fsp3) is 0.615. The second kappa shape index (κ2) is 7.83. The van der Waals surface area contributed by atoms with Gasteiger partial charge in [0.25, 0.3) is 0 Å². The summed E-state index contributed by atoms with van der Waals surface area (Å²) in [5.41, 5.74) is 0. The third-order valence-corrected chi connectivity index (χ3v) is 4.52. The number of aliphatic hydroxyl groups is 1. The molecule has 1 saturated heterocycles. The Balaban J connectivity index is 1.72. The van der Waals surface area contributed by atoms with Crippen LogP contribution in [0.15, 0.2) is 17.1 Å². The summed E-state index contributed by atoms with van der Waals surface area (Å²) in [5, 5.41) is 16.4. The van der Waals surface area contributed by atoms with Gasteiger partial charge in [0.2, 0.25) is 0 Å². The molecular formula is C13H20ClN3O2S. The number of hydrogen-bond donors (Lipinski definition) is 3. The van der Waals surface area contributed by atoms with Crippen LogP contribution in [0, 0.1) is 5.92 Å². The Hall–Kier alpha value is -0.820. The number of aliphatic hydroxyl groups excluding tert-OH is 1.